The molecule has 2 rings (SSSR count). The highest BCUT2D eigenvalue weighted by Gasteiger charge is 2.08. The van der Waals surface area contributed by atoms with Crippen LogP contribution in [0.1, 0.15) is 34.1 Å². The van der Waals surface area contributed by atoms with Crippen LogP contribution in [-0.2, 0) is 0 Å². The maximum Gasteiger partial charge on any atom is 0.255 e. The second kappa shape index (κ2) is 7.75. The zero-order valence-corrected chi connectivity index (χ0v) is 13.8. The van der Waals surface area contributed by atoms with E-state index in [1.165, 1.54) is 0 Å². The molecule has 0 saturated heterocycles. The Morgan fingerprint density at radius 1 is 0.909 bits per heavy atom. The highest BCUT2D eigenvalue weighted by atomic mass is 79.9. The zero-order chi connectivity index (χ0) is 15.9. The molecular formula is C17H17BrN2O2. The first-order valence-corrected chi connectivity index (χ1v) is 7.84. The van der Waals surface area contributed by atoms with E-state index in [1.807, 2.05) is 31.2 Å². The molecule has 0 aliphatic heterocycles. The van der Waals surface area contributed by atoms with Crippen LogP contribution in [0.4, 0.5) is 5.69 Å². The standard InChI is InChI=1S/C17H17BrN2O2/c1-2-11-19-16(21)12-3-5-13(6-4-12)17(22)20-15-9-7-14(18)8-10-15/h3-10H,2,11H2,1H3,(H,19,21)(H,20,22). The Labute approximate surface area is 138 Å². The number of hydrogen-bond acceptors (Lipinski definition) is 2. The van der Waals surface area contributed by atoms with Gasteiger partial charge in [-0.25, -0.2) is 0 Å². The van der Waals surface area contributed by atoms with Gasteiger partial charge in [-0.2, -0.15) is 0 Å². The first kappa shape index (κ1) is 16.2. The quantitative estimate of drug-likeness (QED) is 0.850. The minimum absolute atomic E-state index is 0.123. The van der Waals surface area contributed by atoms with Gasteiger partial charge in [-0.1, -0.05) is 22.9 Å². The third-order valence-electron chi connectivity index (χ3n) is 3.05. The third kappa shape index (κ3) is 4.43. The molecule has 0 saturated carbocycles. The summed E-state index contributed by atoms with van der Waals surface area (Å²) in [5, 5.41) is 5.61. The van der Waals surface area contributed by atoms with Gasteiger partial charge in [-0.15, -0.1) is 0 Å². The Morgan fingerprint density at radius 2 is 1.45 bits per heavy atom. The van der Waals surface area contributed by atoms with Crippen LogP contribution in [0.15, 0.2) is 53.0 Å². The number of benzene rings is 2. The normalized spacial score (nSPS) is 10.1. The predicted molar refractivity (Wildman–Crippen MR) is 91.2 cm³/mol. The van der Waals surface area contributed by atoms with Crippen molar-refractivity contribution in [3.63, 3.8) is 0 Å². The largest absolute Gasteiger partial charge is 0.352 e. The van der Waals surface area contributed by atoms with Gasteiger partial charge in [0.1, 0.15) is 0 Å². The molecule has 22 heavy (non-hydrogen) atoms. The summed E-state index contributed by atoms with van der Waals surface area (Å²) < 4.78 is 0.952. The number of halogens is 1. The van der Waals surface area contributed by atoms with Crippen molar-refractivity contribution in [2.24, 2.45) is 0 Å². The highest BCUT2D eigenvalue weighted by molar-refractivity contribution is 9.10. The number of rotatable bonds is 5. The number of amides is 2. The van der Waals surface area contributed by atoms with E-state index in [0.717, 1.165) is 16.6 Å². The summed E-state index contributed by atoms with van der Waals surface area (Å²) in [6.45, 7) is 2.64. The number of anilines is 1. The lowest BCUT2D eigenvalue weighted by Gasteiger charge is -2.07. The summed E-state index contributed by atoms with van der Waals surface area (Å²) in [5.74, 6) is -0.329. The minimum atomic E-state index is -0.206. The lowest BCUT2D eigenvalue weighted by molar-refractivity contribution is 0.0951. The summed E-state index contributed by atoms with van der Waals surface area (Å²) in [6, 6.07) is 13.9. The molecule has 0 aromatic heterocycles. The number of nitrogens with one attached hydrogen (secondary N) is 2. The van der Waals surface area contributed by atoms with Crippen molar-refractivity contribution in [3.05, 3.63) is 64.1 Å². The van der Waals surface area contributed by atoms with Gasteiger partial charge in [-0.3, -0.25) is 9.59 Å². The van der Waals surface area contributed by atoms with E-state index >= 15 is 0 Å². The molecule has 0 fully saturated rings. The zero-order valence-electron chi connectivity index (χ0n) is 12.2. The maximum absolute atomic E-state index is 12.1. The van der Waals surface area contributed by atoms with Crippen LogP contribution in [0.5, 0.6) is 0 Å². The van der Waals surface area contributed by atoms with Crippen molar-refractivity contribution in [2.45, 2.75) is 13.3 Å². The maximum atomic E-state index is 12.1. The van der Waals surface area contributed by atoms with Crippen molar-refractivity contribution in [3.8, 4) is 0 Å². The minimum Gasteiger partial charge on any atom is -0.352 e. The van der Waals surface area contributed by atoms with E-state index in [-0.39, 0.29) is 11.8 Å². The molecule has 0 heterocycles. The summed E-state index contributed by atoms with van der Waals surface area (Å²) in [4.78, 5) is 23.9. The van der Waals surface area contributed by atoms with Crippen molar-refractivity contribution in [2.75, 3.05) is 11.9 Å². The Bertz CT molecular complexity index is 651. The lowest BCUT2D eigenvalue weighted by atomic mass is 10.1. The van der Waals surface area contributed by atoms with Crippen LogP contribution in [0.2, 0.25) is 0 Å². The SMILES string of the molecule is CCCNC(=O)c1ccc(C(=O)Nc2ccc(Br)cc2)cc1. The van der Waals surface area contributed by atoms with Gasteiger partial charge in [-0.05, 0) is 55.0 Å². The Balaban J connectivity index is 2.01. The third-order valence-corrected chi connectivity index (χ3v) is 3.58. The van der Waals surface area contributed by atoms with Crippen molar-refractivity contribution in [1.82, 2.24) is 5.32 Å². The molecule has 5 heteroatoms. The van der Waals surface area contributed by atoms with E-state index in [9.17, 15) is 9.59 Å². The van der Waals surface area contributed by atoms with Gasteiger partial charge < -0.3 is 10.6 Å². The fourth-order valence-corrected chi connectivity index (χ4v) is 2.11. The Morgan fingerprint density at radius 3 is 2.00 bits per heavy atom. The molecule has 2 N–H and O–H groups in total. The van der Waals surface area contributed by atoms with Gasteiger partial charge in [0, 0.05) is 27.8 Å². The van der Waals surface area contributed by atoms with Crippen LogP contribution in [0, 0.1) is 0 Å². The second-order valence-electron chi connectivity index (χ2n) is 4.79. The lowest BCUT2D eigenvalue weighted by Crippen LogP contribution is -2.24. The molecule has 0 spiro atoms. The number of carbonyl (C=O) groups excluding carboxylic acids is 2. The topological polar surface area (TPSA) is 58.2 Å². The van der Waals surface area contributed by atoms with Gasteiger partial charge in [0.25, 0.3) is 11.8 Å². The predicted octanol–water partition coefficient (Wildman–Crippen LogP) is 3.84. The number of hydrogen-bond donors (Lipinski definition) is 2. The van der Waals surface area contributed by atoms with Crippen molar-refractivity contribution < 1.29 is 9.59 Å². The smallest absolute Gasteiger partial charge is 0.255 e. The molecule has 0 aliphatic rings. The van der Waals surface area contributed by atoms with E-state index in [4.69, 9.17) is 0 Å². The first-order chi connectivity index (χ1) is 10.6. The summed E-state index contributed by atoms with van der Waals surface area (Å²) in [7, 11) is 0. The molecule has 2 aromatic carbocycles. The van der Waals surface area contributed by atoms with E-state index in [2.05, 4.69) is 26.6 Å². The summed E-state index contributed by atoms with van der Waals surface area (Å²) >= 11 is 3.35. The first-order valence-electron chi connectivity index (χ1n) is 7.05. The van der Waals surface area contributed by atoms with Crippen LogP contribution in [0.3, 0.4) is 0 Å². The van der Waals surface area contributed by atoms with Crippen molar-refractivity contribution >= 4 is 33.4 Å². The Hall–Kier alpha value is -2.14. The molecule has 0 unspecified atom stereocenters. The van der Waals surface area contributed by atoms with Crippen LogP contribution in [0.25, 0.3) is 0 Å². The highest BCUT2D eigenvalue weighted by Crippen LogP contribution is 2.15. The molecule has 0 bridgehead atoms. The fourth-order valence-electron chi connectivity index (χ4n) is 1.85. The van der Waals surface area contributed by atoms with Gasteiger partial charge in [0.15, 0.2) is 0 Å². The molecule has 0 aliphatic carbocycles. The molecule has 0 atom stereocenters. The number of carbonyl (C=O) groups is 2. The van der Waals surface area contributed by atoms with Crippen LogP contribution >= 0.6 is 15.9 Å². The summed E-state index contributed by atoms with van der Waals surface area (Å²) in [5.41, 5.74) is 1.78. The van der Waals surface area contributed by atoms with E-state index in [1.54, 1.807) is 24.3 Å². The second-order valence-corrected chi connectivity index (χ2v) is 5.71. The van der Waals surface area contributed by atoms with Crippen LogP contribution < -0.4 is 10.6 Å². The fraction of sp³-hybridized carbons (Fsp3) is 0.176. The van der Waals surface area contributed by atoms with Gasteiger partial charge in [0.05, 0.1) is 0 Å². The molecule has 0 radical (unpaired) electrons. The Kier molecular flexibility index (Phi) is 5.72. The monoisotopic (exact) mass is 360 g/mol. The van der Waals surface area contributed by atoms with Crippen LogP contribution in [-0.4, -0.2) is 18.4 Å². The summed E-state index contributed by atoms with van der Waals surface area (Å²) in [6.07, 6.45) is 0.888. The molecule has 2 aromatic rings. The molecule has 4 nitrogen and oxygen atoms in total. The average molecular weight is 361 g/mol. The van der Waals surface area contributed by atoms with Crippen molar-refractivity contribution in [1.29, 1.82) is 0 Å². The average Bonchev–Trinajstić information content (AvgIpc) is 2.55. The van der Waals surface area contributed by atoms with E-state index < -0.39 is 0 Å². The molecular weight excluding hydrogens is 344 g/mol. The van der Waals surface area contributed by atoms with E-state index in [0.29, 0.717) is 17.7 Å². The van der Waals surface area contributed by atoms with Gasteiger partial charge >= 0.3 is 0 Å². The molecule has 114 valence electrons. The van der Waals surface area contributed by atoms with Gasteiger partial charge in [0.2, 0.25) is 0 Å². The molecule has 2 amide bonds.